The van der Waals surface area contributed by atoms with Crippen LogP contribution < -0.4 is 21.7 Å². The van der Waals surface area contributed by atoms with Crippen LogP contribution in [0.15, 0.2) is 24.3 Å². The van der Waals surface area contributed by atoms with Gasteiger partial charge in [-0.1, -0.05) is 0 Å². The molecule has 1 rings (SSSR count). The van der Waals surface area contributed by atoms with Crippen LogP contribution in [0.2, 0.25) is 0 Å². The number of benzene rings is 1. The Morgan fingerprint density at radius 1 is 1.32 bits per heavy atom. The van der Waals surface area contributed by atoms with E-state index in [1.807, 2.05) is 5.43 Å². The standard InChI is InChI=1S/C12H18N4O3/c1-16(8-11(13)17)6-7-19-10-4-2-9(3-5-10)12(18)15-14/h2-5H,6-8,14H2,1H3,(H2,13,17)(H,15,18). The van der Waals surface area contributed by atoms with Crippen molar-refractivity contribution in [1.29, 1.82) is 0 Å². The Morgan fingerprint density at radius 2 is 1.95 bits per heavy atom. The SMILES string of the molecule is CN(CCOc1ccc(C(=O)NN)cc1)CC(N)=O. The Hall–Kier alpha value is -2.12. The minimum absolute atomic E-state index is 0.193. The van der Waals surface area contributed by atoms with Gasteiger partial charge in [0.25, 0.3) is 5.91 Å². The van der Waals surface area contributed by atoms with Crippen molar-refractivity contribution in [3.8, 4) is 5.75 Å². The summed E-state index contributed by atoms with van der Waals surface area (Å²) < 4.78 is 5.47. The fourth-order valence-electron chi connectivity index (χ4n) is 1.45. The van der Waals surface area contributed by atoms with Gasteiger partial charge in [-0.25, -0.2) is 5.84 Å². The molecule has 0 aliphatic rings. The van der Waals surface area contributed by atoms with Gasteiger partial charge in [0.2, 0.25) is 5.91 Å². The quantitative estimate of drug-likeness (QED) is 0.336. The number of ether oxygens (including phenoxy) is 1. The molecule has 0 unspecified atom stereocenters. The molecule has 0 spiro atoms. The fourth-order valence-corrected chi connectivity index (χ4v) is 1.45. The molecule has 0 saturated heterocycles. The largest absolute Gasteiger partial charge is 0.492 e. The first-order valence-electron chi connectivity index (χ1n) is 5.73. The number of hydrogen-bond acceptors (Lipinski definition) is 5. The number of nitrogen functional groups attached to an aromatic ring is 1. The van der Waals surface area contributed by atoms with Crippen molar-refractivity contribution in [3.63, 3.8) is 0 Å². The zero-order valence-corrected chi connectivity index (χ0v) is 10.8. The summed E-state index contributed by atoms with van der Waals surface area (Å²) >= 11 is 0. The molecule has 0 saturated carbocycles. The lowest BCUT2D eigenvalue weighted by Gasteiger charge is -2.14. The van der Waals surface area contributed by atoms with E-state index < -0.39 is 0 Å². The summed E-state index contributed by atoms with van der Waals surface area (Å²) in [6.07, 6.45) is 0. The molecule has 0 atom stereocenters. The molecule has 7 heteroatoms. The highest BCUT2D eigenvalue weighted by Crippen LogP contribution is 2.11. The number of rotatable bonds is 7. The van der Waals surface area contributed by atoms with Crippen molar-refractivity contribution in [1.82, 2.24) is 10.3 Å². The summed E-state index contributed by atoms with van der Waals surface area (Å²) in [6, 6.07) is 6.59. The lowest BCUT2D eigenvalue weighted by Crippen LogP contribution is -2.33. The minimum Gasteiger partial charge on any atom is -0.492 e. The van der Waals surface area contributed by atoms with E-state index in [0.717, 1.165) is 0 Å². The van der Waals surface area contributed by atoms with Gasteiger partial charge in [-0.05, 0) is 31.3 Å². The molecule has 0 radical (unpaired) electrons. The first-order valence-corrected chi connectivity index (χ1v) is 5.73. The van der Waals surface area contributed by atoms with Crippen LogP contribution in [0.3, 0.4) is 0 Å². The summed E-state index contributed by atoms with van der Waals surface area (Å²) in [7, 11) is 1.78. The molecule has 0 aliphatic heterocycles. The normalized spacial score (nSPS) is 10.3. The highest BCUT2D eigenvalue weighted by Gasteiger charge is 2.04. The first-order chi connectivity index (χ1) is 9.02. The van der Waals surface area contributed by atoms with Crippen molar-refractivity contribution >= 4 is 11.8 Å². The highest BCUT2D eigenvalue weighted by molar-refractivity contribution is 5.93. The third kappa shape index (κ3) is 5.36. The number of nitrogens with one attached hydrogen (secondary N) is 1. The summed E-state index contributed by atoms with van der Waals surface area (Å²) in [4.78, 5) is 23.6. The maximum Gasteiger partial charge on any atom is 0.265 e. The van der Waals surface area contributed by atoms with Crippen LogP contribution in [0.25, 0.3) is 0 Å². The maximum atomic E-state index is 11.2. The van der Waals surface area contributed by atoms with Gasteiger partial charge in [0.15, 0.2) is 0 Å². The molecule has 0 aromatic heterocycles. The van der Waals surface area contributed by atoms with Crippen LogP contribution in [-0.2, 0) is 4.79 Å². The van der Waals surface area contributed by atoms with Crippen molar-refractivity contribution < 1.29 is 14.3 Å². The summed E-state index contributed by atoms with van der Waals surface area (Å²) in [5, 5.41) is 0. The molecule has 19 heavy (non-hydrogen) atoms. The number of primary amides is 1. The van der Waals surface area contributed by atoms with Crippen LogP contribution in [0.4, 0.5) is 0 Å². The molecule has 104 valence electrons. The number of nitrogens with zero attached hydrogens (tertiary/aromatic N) is 1. The van der Waals surface area contributed by atoms with Gasteiger partial charge >= 0.3 is 0 Å². The highest BCUT2D eigenvalue weighted by atomic mass is 16.5. The second-order valence-corrected chi connectivity index (χ2v) is 4.05. The van der Waals surface area contributed by atoms with E-state index in [4.69, 9.17) is 16.3 Å². The van der Waals surface area contributed by atoms with E-state index in [1.165, 1.54) is 0 Å². The third-order valence-corrected chi connectivity index (χ3v) is 2.42. The van der Waals surface area contributed by atoms with Crippen molar-refractivity contribution in [2.75, 3.05) is 26.7 Å². The maximum absolute atomic E-state index is 11.2. The molecule has 1 aromatic carbocycles. The zero-order valence-electron chi connectivity index (χ0n) is 10.8. The number of carbonyl (C=O) groups excluding carboxylic acids is 2. The number of likely N-dealkylation sites (N-methyl/N-ethyl adjacent to an activating group) is 1. The van der Waals surface area contributed by atoms with E-state index >= 15 is 0 Å². The van der Waals surface area contributed by atoms with E-state index in [0.29, 0.717) is 24.5 Å². The van der Waals surface area contributed by atoms with Gasteiger partial charge in [0, 0.05) is 12.1 Å². The molecular formula is C12H18N4O3. The van der Waals surface area contributed by atoms with Gasteiger partial charge in [-0.3, -0.25) is 19.9 Å². The lowest BCUT2D eigenvalue weighted by atomic mass is 10.2. The molecule has 0 fully saturated rings. The summed E-state index contributed by atoms with van der Waals surface area (Å²) in [5.74, 6) is 4.93. The number of amides is 2. The average Bonchev–Trinajstić information content (AvgIpc) is 2.37. The van der Waals surface area contributed by atoms with Crippen molar-refractivity contribution in [2.45, 2.75) is 0 Å². The lowest BCUT2D eigenvalue weighted by molar-refractivity contribution is -0.118. The second kappa shape index (κ2) is 7.34. The van der Waals surface area contributed by atoms with Crippen LogP contribution in [0.5, 0.6) is 5.75 Å². The minimum atomic E-state index is -0.375. The Labute approximate surface area is 111 Å². The van der Waals surface area contributed by atoms with E-state index in [9.17, 15) is 9.59 Å². The molecule has 5 N–H and O–H groups in total. The van der Waals surface area contributed by atoms with Crippen LogP contribution in [-0.4, -0.2) is 43.5 Å². The molecule has 7 nitrogen and oxygen atoms in total. The van der Waals surface area contributed by atoms with Crippen LogP contribution >= 0.6 is 0 Å². The third-order valence-electron chi connectivity index (χ3n) is 2.42. The van der Waals surface area contributed by atoms with Gasteiger partial charge in [-0.15, -0.1) is 0 Å². The number of carbonyl (C=O) groups is 2. The van der Waals surface area contributed by atoms with Gasteiger partial charge in [0.05, 0.1) is 6.54 Å². The fraction of sp³-hybridized carbons (Fsp3) is 0.333. The molecule has 0 aliphatic carbocycles. The van der Waals surface area contributed by atoms with Crippen LogP contribution in [0, 0.1) is 0 Å². The van der Waals surface area contributed by atoms with E-state index in [-0.39, 0.29) is 18.4 Å². The average molecular weight is 266 g/mol. The smallest absolute Gasteiger partial charge is 0.265 e. The van der Waals surface area contributed by atoms with Crippen LogP contribution in [0.1, 0.15) is 10.4 Å². The van der Waals surface area contributed by atoms with E-state index in [2.05, 4.69) is 0 Å². The molecule has 2 amide bonds. The Balaban J connectivity index is 2.38. The van der Waals surface area contributed by atoms with Gasteiger partial charge in [-0.2, -0.15) is 0 Å². The molecular weight excluding hydrogens is 248 g/mol. The van der Waals surface area contributed by atoms with Gasteiger partial charge < -0.3 is 10.5 Å². The Kier molecular flexibility index (Phi) is 5.77. The number of nitrogens with two attached hydrogens (primary N) is 2. The second-order valence-electron chi connectivity index (χ2n) is 4.05. The zero-order chi connectivity index (χ0) is 14.3. The Bertz CT molecular complexity index is 433. The summed E-state index contributed by atoms with van der Waals surface area (Å²) in [5.41, 5.74) is 7.57. The van der Waals surface area contributed by atoms with Gasteiger partial charge in [0.1, 0.15) is 12.4 Å². The predicted octanol–water partition coefficient (Wildman–Crippen LogP) is -0.914. The predicted molar refractivity (Wildman–Crippen MR) is 70.3 cm³/mol. The first kappa shape index (κ1) is 14.9. The number of hydrazine groups is 1. The van der Waals surface area contributed by atoms with Crippen molar-refractivity contribution in [2.24, 2.45) is 11.6 Å². The summed E-state index contributed by atoms with van der Waals surface area (Å²) in [6.45, 7) is 1.19. The topological polar surface area (TPSA) is 111 Å². The van der Waals surface area contributed by atoms with E-state index in [1.54, 1.807) is 36.2 Å². The molecule has 0 heterocycles. The number of hydrogen-bond donors (Lipinski definition) is 3. The Morgan fingerprint density at radius 3 is 2.47 bits per heavy atom. The van der Waals surface area contributed by atoms with Crippen molar-refractivity contribution in [3.05, 3.63) is 29.8 Å². The monoisotopic (exact) mass is 266 g/mol. The molecule has 1 aromatic rings. The molecule has 0 bridgehead atoms.